The maximum Gasteiger partial charge on any atom is 0.0618 e. The lowest BCUT2D eigenvalue weighted by molar-refractivity contribution is 0.607. The van der Waals surface area contributed by atoms with Crippen LogP contribution in [0.4, 0.5) is 0 Å². The fourth-order valence-corrected chi connectivity index (χ4v) is 8.47. The molecule has 0 N–H and O–H groups in total. The van der Waals surface area contributed by atoms with E-state index in [-0.39, 0.29) is 9.49 Å². The van der Waals surface area contributed by atoms with Crippen LogP contribution in [0, 0.1) is 0 Å². The Kier molecular flexibility index (Phi) is 4.94. The molecule has 0 bridgehead atoms. The quantitative estimate of drug-likeness (QED) is 0.429. The van der Waals surface area contributed by atoms with Crippen LogP contribution >= 0.6 is 48.8 Å². The number of hydrogen-bond donors (Lipinski definition) is 2. The fraction of sp³-hybridized carbons (Fsp3) is 0.231. The number of thioether (sulfide) groups is 2. The molecule has 2 heterocycles. The van der Waals surface area contributed by atoms with Gasteiger partial charge in [-0.2, -0.15) is 0 Å². The molecule has 0 amide bonds. The topological polar surface area (TPSA) is 0 Å². The van der Waals surface area contributed by atoms with E-state index in [1.165, 1.54) is 43.2 Å². The lowest BCUT2D eigenvalue weighted by atomic mass is 9.72. The molecule has 4 heteroatoms. The second kappa shape index (κ2) is 7.16. The highest BCUT2D eigenvalue weighted by Gasteiger charge is 2.58. The van der Waals surface area contributed by atoms with E-state index >= 15 is 0 Å². The molecule has 0 saturated heterocycles. The van der Waals surface area contributed by atoms with Crippen LogP contribution in [0.25, 0.3) is 9.81 Å². The van der Waals surface area contributed by atoms with Crippen LogP contribution in [0.15, 0.2) is 92.8 Å². The van der Waals surface area contributed by atoms with Crippen molar-refractivity contribution in [2.24, 2.45) is 0 Å². The first-order valence-electron chi connectivity index (χ1n) is 10.1. The molecular weight excluding hydrogens is 441 g/mol. The van der Waals surface area contributed by atoms with Crippen molar-refractivity contribution in [2.75, 3.05) is 0 Å². The van der Waals surface area contributed by atoms with Gasteiger partial charge < -0.3 is 0 Å². The van der Waals surface area contributed by atoms with Crippen molar-refractivity contribution in [3.63, 3.8) is 0 Å². The average Bonchev–Trinajstić information content (AvgIpc) is 3.27. The SMILES string of the molecule is CC1=C2C=C(c3cccc(S)c3)SC2(C)C2(C)SC(c3cccc(S)c3)=CC2=C1C. The summed E-state index contributed by atoms with van der Waals surface area (Å²) in [5, 5.41) is 0. The zero-order valence-electron chi connectivity index (χ0n) is 17.5. The summed E-state index contributed by atoms with van der Waals surface area (Å²) < 4.78 is -0.0648. The van der Waals surface area contributed by atoms with Crippen LogP contribution in [0.3, 0.4) is 0 Å². The summed E-state index contributed by atoms with van der Waals surface area (Å²) in [6.07, 6.45) is 4.84. The number of thiol groups is 2. The lowest BCUT2D eigenvalue weighted by Gasteiger charge is -2.47. The van der Waals surface area contributed by atoms with E-state index in [9.17, 15) is 0 Å². The minimum absolute atomic E-state index is 0.0324. The third kappa shape index (κ3) is 2.95. The van der Waals surface area contributed by atoms with Crippen molar-refractivity contribution < 1.29 is 0 Å². The van der Waals surface area contributed by atoms with Crippen molar-refractivity contribution in [1.29, 1.82) is 0 Å². The normalized spacial score (nSPS) is 27.8. The lowest BCUT2D eigenvalue weighted by Crippen LogP contribution is -2.47. The number of rotatable bonds is 2. The van der Waals surface area contributed by atoms with Gasteiger partial charge in [-0.05, 0) is 97.5 Å². The van der Waals surface area contributed by atoms with E-state index < -0.39 is 0 Å². The third-order valence-corrected chi connectivity index (χ3v) is 10.7. The van der Waals surface area contributed by atoms with Gasteiger partial charge in [0.05, 0.1) is 9.49 Å². The van der Waals surface area contributed by atoms with Gasteiger partial charge in [-0.25, -0.2) is 0 Å². The second-order valence-corrected chi connectivity index (χ2v) is 12.4. The summed E-state index contributed by atoms with van der Waals surface area (Å²) in [5.41, 5.74) is 8.25. The Bertz CT molecular complexity index is 1120. The first-order chi connectivity index (χ1) is 14.2. The molecule has 2 aromatic rings. The molecule has 2 aliphatic heterocycles. The van der Waals surface area contributed by atoms with E-state index in [0.29, 0.717) is 0 Å². The molecule has 0 radical (unpaired) electrons. The zero-order chi connectivity index (χ0) is 21.3. The highest BCUT2D eigenvalue weighted by molar-refractivity contribution is 8.14. The van der Waals surface area contributed by atoms with Crippen molar-refractivity contribution in [1.82, 2.24) is 0 Å². The molecule has 152 valence electrons. The van der Waals surface area contributed by atoms with Crippen LogP contribution in [-0.2, 0) is 0 Å². The summed E-state index contributed by atoms with van der Waals surface area (Å²) >= 11 is 13.1. The first kappa shape index (κ1) is 20.7. The number of allylic oxidation sites excluding steroid dienone is 4. The van der Waals surface area contributed by atoms with Crippen LogP contribution < -0.4 is 0 Å². The third-order valence-electron chi connectivity index (χ3n) is 6.75. The van der Waals surface area contributed by atoms with Gasteiger partial charge in [-0.1, -0.05) is 24.3 Å². The molecule has 2 atom stereocenters. The van der Waals surface area contributed by atoms with E-state index in [2.05, 4.69) is 102 Å². The van der Waals surface area contributed by atoms with Gasteiger partial charge in [0.15, 0.2) is 0 Å². The standard InChI is InChI=1S/C26H24S4/c1-15-16(2)22-14-24(18-8-6-10-20(28)12-18)30-26(22,4)25(3)21(15)13-23(29-25)17-7-5-9-19(27)11-17/h5-14,27-28H,1-4H3. The molecule has 5 rings (SSSR count). The Hall–Kier alpha value is -1.20. The largest absolute Gasteiger partial charge is 0.143 e. The van der Waals surface area contributed by atoms with Gasteiger partial charge >= 0.3 is 0 Å². The highest BCUT2D eigenvalue weighted by atomic mass is 32.2. The van der Waals surface area contributed by atoms with Gasteiger partial charge in [0.2, 0.25) is 0 Å². The molecule has 3 aliphatic rings. The van der Waals surface area contributed by atoms with Gasteiger partial charge in [0.1, 0.15) is 0 Å². The molecular formula is C26H24S4. The molecule has 0 spiro atoms. The monoisotopic (exact) mass is 464 g/mol. The van der Waals surface area contributed by atoms with Crippen molar-refractivity contribution in [3.8, 4) is 0 Å². The van der Waals surface area contributed by atoms with Crippen LogP contribution in [0.1, 0.15) is 38.8 Å². The summed E-state index contributed by atoms with van der Waals surface area (Å²) in [4.78, 5) is 4.69. The summed E-state index contributed by atoms with van der Waals surface area (Å²) in [5.74, 6) is 0. The van der Waals surface area contributed by atoms with Crippen LogP contribution in [-0.4, -0.2) is 9.49 Å². The minimum Gasteiger partial charge on any atom is -0.143 e. The van der Waals surface area contributed by atoms with Gasteiger partial charge in [-0.3, -0.25) is 0 Å². The average molecular weight is 465 g/mol. The molecule has 2 aromatic carbocycles. The molecule has 1 aliphatic carbocycles. The Labute approximate surface area is 198 Å². The van der Waals surface area contributed by atoms with Crippen molar-refractivity contribution in [3.05, 3.63) is 94.1 Å². The second-order valence-electron chi connectivity index (χ2n) is 8.47. The number of benzene rings is 2. The number of hydrogen-bond acceptors (Lipinski definition) is 4. The molecule has 0 fully saturated rings. The summed E-state index contributed by atoms with van der Waals surface area (Å²) in [6.45, 7) is 9.43. The molecule has 2 unspecified atom stereocenters. The highest BCUT2D eigenvalue weighted by Crippen LogP contribution is 2.68. The first-order valence-corrected chi connectivity index (χ1v) is 12.6. The Balaban J connectivity index is 1.62. The Morgan fingerprint density at radius 2 is 1.07 bits per heavy atom. The Morgan fingerprint density at radius 1 is 0.667 bits per heavy atom. The van der Waals surface area contributed by atoms with E-state index in [1.54, 1.807) is 0 Å². The van der Waals surface area contributed by atoms with Gasteiger partial charge in [0, 0.05) is 19.6 Å². The Morgan fingerprint density at radius 3 is 1.43 bits per heavy atom. The van der Waals surface area contributed by atoms with E-state index in [0.717, 1.165) is 9.79 Å². The van der Waals surface area contributed by atoms with Crippen LogP contribution in [0.2, 0.25) is 0 Å². The van der Waals surface area contributed by atoms with Crippen molar-refractivity contribution in [2.45, 2.75) is 47.0 Å². The molecule has 30 heavy (non-hydrogen) atoms. The van der Waals surface area contributed by atoms with Crippen molar-refractivity contribution >= 4 is 58.6 Å². The zero-order valence-corrected chi connectivity index (χ0v) is 20.9. The predicted octanol–water partition coefficient (Wildman–Crippen LogP) is 8.30. The summed E-state index contributed by atoms with van der Waals surface area (Å²) in [7, 11) is 0. The van der Waals surface area contributed by atoms with E-state index in [4.69, 9.17) is 0 Å². The summed E-state index contributed by atoms with van der Waals surface area (Å²) in [6, 6.07) is 17.0. The molecule has 0 aromatic heterocycles. The maximum absolute atomic E-state index is 4.56. The van der Waals surface area contributed by atoms with Gasteiger partial charge in [-0.15, -0.1) is 48.8 Å². The van der Waals surface area contributed by atoms with E-state index in [1.807, 2.05) is 35.7 Å². The molecule has 0 saturated carbocycles. The molecule has 0 nitrogen and oxygen atoms in total. The minimum atomic E-state index is -0.0324. The number of fused-ring (bicyclic) bond motifs is 3. The van der Waals surface area contributed by atoms with Crippen LogP contribution in [0.5, 0.6) is 0 Å². The maximum atomic E-state index is 4.56. The smallest absolute Gasteiger partial charge is 0.0618 e. The predicted molar refractivity (Wildman–Crippen MR) is 141 cm³/mol. The fourth-order valence-electron chi connectivity index (χ4n) is 4.79. The van der Waals surface area contributed by atoms with Gasteiger partial charge in [0.25, 0.3) is 0 Å².